The Labute approximate surface area is 353 Å². The van der Waals surface area contributed by atoms with Crippen LogP contribution >= 0.6 is 0 Å². The van der Waals surface area contributed by atoms with Crippen LogP contribution in [0.1, 0.15) is 251 Å². The van der Waals surface area contributed by atoms with E-state index in [1.807, 2.05) is 6.08 Å². The largest absolute Gasteiger partial charge is 0.466 e. The molecule has 0 rings (SSSR count). The molecule has 3 N–H and O–H groups in total. The van der Waals surface area contributed by atoms with Crippen LogP contribution < -0.4 is 5.32 Å². The van der Waals surface area contributed by atoms with Crippen molar-refractivity contribution in [2.24, 2.45) is 0 Å². The third-order valence-electron chi connectivity index (χ3n) is 11.1. The van der Waals surface area contributed by atoms with Crippen LogP contribution in [0, 0.1) is 0 Å². The van der Waals surface area contributed by atoms with E-state index in [9.17, 15) is 19.8 Å². The van der Waals surface area contributed by atoms with Crippen LogP contribution in [0.25, 0.3) is 0 Å². The molecule has 0 bridgehead atoms. The topological polar surface area (TPSA) is 95.9 Å². The molecule has 6 nitrogen and oxygen atoms in total. The molecule has 0 fully saturated rings. The summed E-state index contributed by atoms with van der Waals surface area (Å²) in [6.45, 7) is 4.79. The lowest BCUT2D eigenvalue weighted by Gasteiger charge is -2.19. The highest BCUT2D eigenvalue weighted by molar-refractivity contribution is 5.76. The minimum Gasteiger partial charge on any atom is -0.466 e. The van der Waals surface area contributed by atoms with Crippen LogP contribution in [-0.2, 0) is 14.3 Å². The molecule has 2 unspecified atom stereocenters. The van der Waals surface area contributed by atoms with Crippen molar-refractivity contribution in [3.8, 4) is 0 Å². The average Bonchev–Trinajstić information content (AvgIpc) is 3.21. The highest BCUT2D eigenvalue weighted by atomic mass is 16.5. The molecule has 0 aromatic carbocycles. The molecule has 0 aliphatic rings. The Bertz CT molecular complexity index is 931. The maximum atomic E-state index is 12.4. The maximum Gasteiger partial charge on any atom is 0.305 e. The van der Waals surface area contributed by atoms with Gasteiger partial charge in [0.15, 0.2) is 0 Å². The zero-order chi connectivity index (χ0) is 41.5. The Morgan fingerprint density at radius 2 is 0.842 bits per heavy atom. The van der Waals surface area contributed by atoms with Crippen LogP contribution in [0.15, 0.2) is 36.5 Å². The van der Waals surface area contributed by atoms with Crippen LogP contribution in [0.5, 0.6) is 0 Å². The van der Waals surface area contributed by atoms with E-state index in [2.05, 4.69) is 43.5 Å². The van der Waals surface area contributed by atoms with E-state index in [1.54, 1.807) is 6.08 Å². The molecule has 2 atom stereocenters. The number of carbonyl (C=O) groups excluding carboxylic acids is 2. The first-order chi connectivity index (χ1) is 28.0. The maximum absolute atomic E-state index is 12.4. The third-order valence-corrected chi connectivity index (χ3v) is 11.1. The SMILES string of the molecule is CCCCCCCC/C=C\CCCCCCCC(=O)OCCCCCC/C=C\CCCC(=O)NC(CO)C(O)/C=C/CCCCCCCCCCCCCCCC. The standard InChI is InChI=1S/C51H95NO5/c1-3-5-7-9-11-13-15-17-19-21-22-24-27-31-35-39-43-49(54)48(47-53)52-50(55)44-40-36-32-28-26-30-34-38-42-46-57-51(56)45-41-37-33-29-25-23-20-18-16-14-12-10-8-6-4-2/h18,20,28,32,39,43,48-49,53-54H,3-17,19,21-27,29-31,33-38,40-42,44-47H2,1-2H3,(H,52,55)/b20-18-,32-28-,43-39+. The first-order valence-corrected chi connectivity index (χ1v) is 24.8. The lowest BCUT2D eigenvalue weighted by Crippen LogP contribution is -2.45. The first-order valence-electron chi connectivity index (χ1n) is 24.8. The average molecular weight is 802 g/mol. The van der Waals surface area contributed by atoms with Gasteiger partial charge in [0, 0.05) is 12.8 Å². The number of allylic oxidation sites excluding steroid dienone is 5. The van der Waals surface area contributed by atoms with Crippen molar-refractivity contribution < 1.29 is 24.5 Å². The Balaban J connectivity index is 3.60. The molecule has 0 aliphatic carbocycles. The van der Waals surface area contributed by atoms with Gasteiger partial charge in [0.25, 0.3) is 0 Å². The van der Waals surface area contributed by atoms with Crippen LogP contribution in [-0.4, -0.2) is 47.4 Å². The highest BCUT2D eigenvalue weighted by Crippen LogP contribution is 2.15. The summed E-state index contributed by atoms with van der Waals surface area (Å²) in [5.41, 5.74) is 0. The summed E-state index contributed by atoms with van der Waals surface area (Å²) < 4.78 is 5.43. The van der Waals surface area contributed by atoms with Crippen molar-refractivity contribution in [3.05, 3.63) is 36.5 Å². The number of nitrogens with one attached hydrogen (secondary N) is 1. The number of aliphatic hydroxyl groups excluding tert-OH is 2. The van der Waals surface area contributed by atoms with Crippen molar-refractivity contribution in [2.45, 2.75) is 264 Å². The first kappa shape index (κ1) is 55.1. The Morgan fingerprint density at radius 3 is 1.28 bits per heavy atom. The second-order valence-electron chi connectivity index (χ2n) is 16.8. The fourth-order valence-electron chi connectivity index (χ4n) is 7.28. The summed E-state index contributed by atoms with van der Waals surface area (Å²) in [5, 5.41) is 23.0. The number of esters is 1. The van der Waals surface area contributed by atoms with Crippen molar-refractivity contribution in [3.63, 3.8) is 0 Å². The molecule has 0 spiro atoms. The Morgan fingerprint density at radius 1 is 0.474 bits per heavy atom. The number of carbonyl (C=O) groups is 2. The fraction of sp³-hybridized carbons (Fsp3) is 0.843. The predicted molar refractivity (Wildman–Crippen MR) is 246 cm³/mol. The van der Waals surface area contributed by atoms with Gasteiger partial charge in [0.1, 0.15) is 0 Å². The highest BCUT2D eigenvalue weighted by Gasteiger charge is 2.17. The van der Waals surface area contributed by atoms with E-state index in [4.69, 9.17) is 4.74 Å². The van der Waals surface area contributed by atoms with E-state index in [0.29, 0.717) is 19.4 Å². The van der Waals surface area contributed by atoms with Crippen LogP contribution in [0.2, 0.25) is 0 Å². The second kappa shape index (κ2) is 46.8. The van der Waals surface area contributed by atoms with Crippen molar-refractivity contribution >= 4 is 11.9 Å². The minimum atomic E-state index is -0.875. The lowest BCUT2D eigenvalue weighted by atomic mass is 10.0. The van der Waals surface area contributed by atoms with Gasteiger partial charge in [-0.25, -0.2) is 0 Å². The van der Waals surface area contributed by atoms with Crippen molar-refractivity contribution in [1.82, 2.24) is 5.32 Å². The third kappa shape index (κ3) is 43.5. The number of ether oxygens (including phenoxy) is 1. The summed E-state index contributed by atoms with van der Waals surface area (Å²) in [5.74, 6) is -0.176. The monoisotopic (exact) mass is 802 g/mol. The van der Waals surface area contributed by atoms with Gasteiger partial charge in [0.05, 0.1) is 25.4 Å². The van der Waals surface area contributed by atoms with Gasteiger partial charge in [-0.05, 0) is 77.0 Å². The van der Waals surface area contributed by atoms with Gasteiger partial charge in [-0.15, -0.1) is 0 Å². The summed E-state index contributed by atoms with van der Waals surface area (Å²) in [6, 6.07) is -0.666. The summed E-state index contributed by atoms with van der Waals surface area (Å²) in [4.78, 5) is 24.4. The molecule has 0 aromatic rings. The van der Waals surface area contributed by atoms with Crippen molar-refractivity contribution in [1.29, 1.82) is 0 Å². The summed E-state index contributed by atoms with van der Waals surface area (Å²) >= 11 is 0. The molecule has 1 amide bonds. The molecular weight excluding hydrogens is 707 g/mol. The summed E-state index contributed by atoms with van der Waals surface area (Å²) in [7, 11) is 0. The smallest absolute Gasteiger partial charge is 0.305 e. The van der Waals surface area contributed by atoms with Crippen molar-refractivity contribution in [2.75, 3.05) is 13.2 Å². The molecule has 0 aromatic heterocycles. The number of hydrogen-bond acceptors (Lipinski definition) is 5. The molecule has 57 heavy (non-hydrogen) atoms. The van der Waals surface area contributed by atoms with E-state index >= 15 is 0 Å². The number of unbranched alkanes of at least 4 members (excludes halogenated alkanes) is 30. The fourth-order valence-corrected chi connectivity index (χ4v) is 7.28. The molecule has 334 valence electrons. The number of amides is 1. The van der Waals surface area contributed by atoms with Gasteiger partial charge in [-0.2, -0.15) is 0 Å². The quantitative estimate of drug-likeness (QED) is 0.0324. The number of hydrogen-bond donors (Lipinski definition) is 3. The van der Waals surface area contributed by atoms with E-state index in [1.165, 1.54) is 154 Å². The lowest BCUT2D eigenvalue weighted by molar-refractivity contribution is -0.143. The van der Waals surface area contributed by atoms with E-state index < -0.39 is 12.1 Å². The predicted octanol–water partition coefficient (Wildman–Crippen LogP) is 14.5. The van der Waals surface area contributed by atoms with Gasteiger partial charge in [0.2, 0.25) is 5.91 Å². The minimum absolute atomic E-state index is 0.0466. The molecule has 0 heterocycles. The Kier molecular flexibility index (Phi) is 45.2. The normalized spacial score (nSPS) is 13.0. The Hall–Kier alpha value is -1.92. The van der Waals surface area contributed by atoms with Gasteiger partial charge < -0.3 is 20.3 Å². The zero-order valence-corrected chi connectivity index (χ0v) is 37.8. The molecule has 6 heteroatoms. The molecule has 0 radical (unpaired) electrons. The van der Waals surface area contributed by atoms with E-state index in [0.717, 1.165) is 70.6 Å². The van der Waals surface area contributed by atoms with Crippen LogP contribution in [0.3, 0.4) is 0 Å². The zero-order valence-electron chi connectivity index (χ0n) is 37.8. The van der Waals surface area contributed by atoms with Gasteiger partial charge >= 0.3 is 5.97 Å². The van der Waals surface area contributed by atoms with Gasteiger partial charge in [-0.3, -0.25) is 9.59 Å². The molecular formula is C51H95NO5. The second-order valence-corrected chi connectivity index (χ2v) is 16.8. The summed E-state index contributed by atoms with van der Waals surface area (Å²) in [6.07, 6.45) is 55.7. The number of aliphatic hydroxyl groups is 2. The van der Waals surface area contributed by atoms with Gasteiger partial charge in [-0.1, -0.05) is 198 Å². The molecule has 0 saturated carbocycles. The molecule has 0 aliphatic heterocycles. The molecule has 0 saturated heterocycles. The van der Waals surface area contributed by atoms with Crippen LogP contribution in [0.4, 0.5) is 0 Å². The number of rotatable bonds is 45. The van der Waals surface area contributed by atoms with E-state index in [-0.39, 0.29) is 18.5 Å².